The average molecular weight is 287 g/mol. The van der Waals surface area contributed by atoms with Crippen molar-refractivity contribution in [1.82, 2.24) is 9.55 Å². The number of carboxylic acids is 1. The maximum absolute atomic E-state index is 11.2. The molecule has 0 amide bonds. The summed E-state index contributed by atoms with van der Waals surface area (Å²) in [5, 5.41) is 9.83. The van der Waals surface area contributed by atoms with Gasteiger partial charge in [0.25, 0.3) is 0 Å². The molecule has 0 bridgehead atoms. The number of nitrogens with zero attached hydrogens (tertiary/aromatic N) is 2. The van der Waals surface area contributed by atoms with Crippen LogP contribution in [0.4, 0.5) is 0 Å². The van der Waals surface area contributed by atoms with Crippen molar-refractivity contribution in [3.63, 3.8) is 0 Å². The van der Waals surface area contributed by atoms with E-state index in [1.54, 1.807) is 18.5 Å². The maximum atomic E-state index is 11.2. The van der Waals surface area contributed by atoms with Crippen LogP contribution in [0.5, 0.6) is 0 Å². The summed E-state index contributed by atoms with van der Waals surface area (Å²) in [7, 11) is 0. The monoisotopic (exact) mass is 286 g/mol. The van der Waals surface area contributed by atoms with E-state index in [1.165, 1.54) is 0 Å². The van der Waals surface area contributed by atoms with Crippen molar-refractivity contribution in [2.45, 2.75) is 6.54 Å². The molecule has 20 heavy (non-hydrogen) atoms. The molecule has 100 valence electrons. The second-order valence-corrected chi connectivity index (χ2v) is 4.92. The van der Waals surface area contributed by atoms with Crippen molar-refractivity contribution >= 4 is 28.6 Å². The molecule has 0 fully saturated rings. The molecule has 5 heteroatoms. The van der Waals surface area contributed by atoms with Crippen LogP contribution in [0.15, 0.2) is 48.8 Å². The molecule has 0 radical (unpaired) electrons. The SMILES string of the molecule is O=C(O)c1cccc2c1ncn2Cc1cccc(Cl)c1. The lowest BCUT2D eigenvalue weighted by Crippen LogP contribution is -2.00. The number of aromatic nitrogens is 2. The molecule has 0 atom stereocenters. The van der Waals surface area contributed by atoms with Gasteiger partial charge >= 0.3 is 5.97 Å². The number of hydrogen-bond donors (Lipinski definition) is 1. The van der Waals surface area contributed by atoms with Crippen molar-refractivity contribution < 1.29 is 9.90 Å². The van der Waals surface area contributed by atoms with Crippen LogP contribution in [0.3, 0.4) is 0 Å². The van der Waals surface area contributed by atoms with Gasteiger partial charge in [0.1, 0.15) is 5.52 Å². The molecule has 0 aliphatic carbocycles. The molecule has 0 spiro atoms. The minimum absolute atomic E-state index is 0.215. The topological polar surface area (TPSA) is 55.1 Å². The summed E-state index contributed by atoms with van der Waals surface area (Å²) in [5.41, 5.74) is 2.55. The molecule has 1 N–H and O–H groups in total. The van der Waals surface area contributed by atoms with Gasteiger partial charge in [0.05, 0.1) is 17.4 Å². The molecule has 1 aromatic heterocycles. The van der Waals surface area contributed by atoms with E-state index in [4.69, 9.17) is 16.7 Å². The largest absolute Gasteiger partial charge is 0.478 e. The van der Waals surface area contributed by atoms with Crippen LogP contribution in [0.1, 0.15) is 15.9 Å². The Morgan fingerprint density at radius 2 is 2.05 bits per heavy atom. The van der Waals surface area contributed by atoms with Crippen LogP contribution in [-0.2, 0) is 6.54 Å². The van der Waals surface area contributed by atoms with Gasteiger partial charge in [-0.2, -0.15) is 0 Å². The van der Waals surface area contributed by atoms with Gasteiger partial charge in [-0.25, -0.2) is 9.78 Å². The Morgan fingerprint density at radius 3 is 2.80 bits per heavy atom. The van der Waals surface area contributed by atoms with Crippen molar-refractivity contribution in [3.05, 3.63) is 64.9 Å². The van der Waals surface area contributed by atoms with Gasteiger partial charge in [0, 0.05) is 11.6 Å². The van der Waals surface area contributed by atoms with E-state index in [2.05, 4.69) is 4.98 Å². The molecule has 0 aliphatic heterocycles. The van der Waals surface area contributed by atoms with Gasteiger partial charge in [0.15, 0.2) is 0 Å². The van der Waals surface area contributed by atoms with E-state index in [0.717, 1.165) is 11.1 Å². The number of fused-ring (bicyclic) bond motifs is 1. The third-order valence-corrected chi connectivity index (χ3v) is 3.36. The summed E-state index contributed by atoms with van der Waals surface area (Å²) in [5.74, 6) is -0.969. The molecular weight excluding hydrogens is 276 g/mol. The summed E-state index contributed by atoms with van der Waals surface area (Å²) in [6.45, 7) is 0.597. The molecule has 3 rings (SSSR count). The molecule has 0 aliphatic rings. The van der Waals surface area contributed by atoms with Crippen molar-refractivity contribution in [2.24, 2.45) is 0 Å². The predicted octanol–water partition coefficient (Wildman–Crippen LogP) is 3.44. The van der Waals surface area contributed by atoms with Gasteiger partial charge in [-0.05, 0) is 29.8 Å². The number of hydrogen-bond acceptors (Lipinski definition) is 2. The lowest BCUT2D eigenvalue weighted by molar-refractivity contribution is 0.0699. The summed E-state index contributed by atoms with van der Waals surface area (Å²) >= 11 is 5.97. The quantitative estimate of drug-likeness (QED) is 0.802. The highest BCUT2D eigenvalue weighted by molar-refractivity contribution is 6.30. The van der Waals surface area contributed by atoms with Crippen LogP contribution in [0, 0.1) is 0 Å². The molecule has 3 aromatic rings. The molecule has 0 saturated carbocycles. The van der Waals surface area contributed by atoms with E-state index in [1.807, 2.05) is 34.9 Å². The Hall–Kier alpha value is -2.33. The fourth-order valence-electron chi connectivity index (χ4n) is 2.22. The Morgan fingerprint density at radius 1 is 1.25 bits per heavy atom. The zero-order valence-electron chi connectivity index (χ0n) is 10.5. The van der Waals surface area contributed by atoms with E-state index >= 15 is 0 Å². The van der Waals surface area contributed by atoms with Crippen LogP contribution in [-0.4, -0.2) is 20.6 Å². The summed E-state index contributed by atoms with van der Waals surface area (Å²) < 4.78 is 1.91. The van der Waals surface area contributed by atoms with Crippen LogP contribution < -0.4 is 0 Å². The second-order valence-electron chi connectivity index (χ2n) is 4.48. The lowest BCUT2D eigenvalue weighted by Gasteiger charge is -2.05. The highest BCUT2D eigenvalue weighted by atomic mass is 35.5. The van der Waals surface area contributed by atoms with Gasteiger partial charge in [-0.1, -0.05) is 29.8 Å². The van der Waals surface area contributed by atoms with Crippen molar-refractivity contribution in [3.8, 4) is 0 Å². The second kappa shape index (κ2) is 4.98. The predicted molar refractivity (Wildman–Crippen MR) is 77.2 cm³/mol. The summed E-state index contributed by atoms with van der Waals surface area (Å²) in [6.07, 6.45) is 1.65. The first-order valence-electron chi connectivity index (χ1n) is 6.07. The standard InChI is InChI=1S/C15H11ClN2O2/c16-11-4-1-3-10(7-11)8-18-9-17-14-12(15(19)20)5-2-6-13(14)18/h1-7,9H,8H2,(H,19,20). The number of para-hydroxylation sites is 1. The highest BCUT2D eigenvalue weighted by Gasteiger charge is 2.12. The Bertz CT molecular complexity index is 795. The first-order chi connectivity index (χ1) is 9.65. The zero-order chi connectivity index (χ0) is 14.1. The molecule has 0 saturated heterocycles. The molecule has 0 unspecified atom stereocenters. The molecular formula is C15H11ClN2O2. The number of imidazole rings is 1. The van der Waals surface area contributed by atoms with Gasteiger partial charge in [0.2, 0.25) is 0 Å². The number of benzene rings is 2. The third-order valence-electron chi connectivity index (χ3n) is 3.12. The highest BCUT2D eigenvalue weighted by Crippen LogP contribution is 2.19. The third kappa shape index (κ3) is 2.26. The summed E-state index contributed by atoms with van der Waals surface area (Å²) in [4.78, 5) is 15.4. The first-order valence-corrected chi connectivity index (χ1v) is 6.44. The van der Waals surface area contributed by atoms with Gasteiger partial charge in [-0.3, -0.25) is 0 Å². The van der Waals surface area contributed by atoms with E-state index in [9.17, 15) is 4.79 Å². The molecule has 4 nitrogen and oxygen atoms in total. The van der Waals surface area contributed by atoms with Gasteiger partial charge in [-0.15, -0.1) is 0 Å². The number of carbonyl (C=O) groups is 1. The summed E-state index contributed by atoms with van der Waals surface area (Å²) in [6, 6.07) is 12.7. The van der Waals surface area contributed by atoms with Crippen molar-refractivity contribution in [1.29, 1.82) is 0 Å². The smallest absolute Gasteiger partial charge is 0.337 e. The normalized spacial score (nSPS) is 10.8. The first kappa shape index (κ1) is 12.7. The van der Waals surface area contributed by atoms with Crippen molar-refractivity contribution in [2.75, 3.05) is 0 Å². The fourth-order valence-corrected chi connectivity index (χ4v) is 2.43. The Balaban J connectivity index is 2.05. The Labute approximate surface area is 120 Å². The van der Waals surface area contributed by atoms with E-state index in [-0.39, 0.29) is 5.56 Å². The number of carboxylic acid groups (broad SMARTS) is 1. The minimum Gasteiger partial charge on any atom is -0.478 e. The zero-order valence-corrected chi connectivity index (χ0v) is 11.2. The van der Waals surface area contributed by atoms with Gasteiger partial charge < -0.3 is 9.67 Å². The minimum atomic E-state index is -0.969. The van der Waals surface area contributed by atoms with Crippen LogP contribution in [0.25, 0.3) is 11.0 Å². The average Bonchev–Trinajstić information content (AvgIpc) is 2.82. The fraction of sp³-hybridized carbons (Fsp3) is 0.0667. The van der Waals surface area contributed by atoms with Crippen LogP contribution in [0.2, 0.25) is 5.02 Å². The number of rotatable bonds is 3. The number of aromatic carboxylic acids is 1. The van der Waals surface area contributed by atoms with Crippen LogP contribution >= 0.6 is 11.6 Å². The molecule has 2 aromatic carbocycles. The van der Waals surface area contributed by atoms with E-state index in [0.29, 0.717) is 17.1 Å². The van der Waals surface area contributed by atoms with E-state index < -0.39 is 5.97 Å². The maximum Gasteiger partial charge on any atom is 0.337 e. The number of halogens is 1. The lowest BCUT2D eigenvalue weighted by atomic mass is 10.2. The molecule has 1 heterocycles. The Kier molecular flexibility index (Phi) is 3.16.